The molecule has 4 heteroatoms. The lowest BCUT2D eigenvalue weighted by Crippen LogP contribution is -2.31. The molecule has 0 saturated carbocycles. The van der Waals surface area contributed by atoms with Gasteiger partial charge in [-0.3, -0.25) is 4.79 Å². The number of hydrogen-bond donors (Lipinski definition) is 0. The molecular weight excluding hydrogens is 381 g/mol. The minimum atomic E-state index is 0.125. The van der Waals surface area contributed by atoms with Crippen LogP contribution in [0.3, 0.4) is 0 Å². The Bertz CT molecular complexity index is 339. The third kappa shape index (κ3) is 4.05. The van der Waals surface area contributed by atoms with E-state index in [4.69, 9.17) is 0 Å². The molecule has 16 heavy (non-hydrogen) atoms. The highest BCUT2D eigenvalue weighted by Gasteiger charge is 2.12. The summed E-state index contributed by atoms with van der Waals surface area (Å²) in [6, 6.07) is 7.71. The Labute approximate surface area is 119 Å². The zero-order valence-corrected chi connectivity index (χ0v) is 13.0. The minimum Gasteiger partial charge on any atom is -0.339 e. The van der Waals surface area contributed by atoms with Gasteiger partial charge in [-0.2, -0.15) is 0 Å². The molecule has 0 N–H and O–H groups in total. The summed E-state index contributed by atoms with van der Waals surface area (Å²) < 4.78 is 1.15. The van der Waals surface area contributed by atoms with Crippen molar-refractivity contribution in [2.75, 3.05) is 18.4 Å². The van der Waals surface area contributed by atoms with Crippen molar-refractivity contribution < 1.29 is 4.79 Å². The maximum Gasteiger partial charge on any atom is 0.253 e. The standard InChI is InChI=1S/C12H15BrINO/c1-2-15(9-3-8-13)12(16)10-4-6-11(14)7-5-10/h4-7H,2-3,8-9H2,1H3. The molecule has 0 aliphatic rings. The number of nitrogens with zero attached hydrogens (tertiary/aromatic N) is 1. The van der Waals surface area contributed by atoms with Gasteiger partial charge in [0, 0.05) is 27.6 Å². The Morgan fingerprint density at radius 3 is 2.50 bits per heavy atom. The fraction of sp³-hybridized carbons (Fsp3) is 0.417. The molecule has 0 aliphatic carbocycles. The van der Waals surface area contributed by atoms with Crippen LogP contribution in [-0.2, 0) is 0 Å². The van der Waals surface area contributed by atoms with E-state index in [9.17, 15) is 4.79 Å². The van der Waals surface area contributed by atoms with Crippen molar-refractivity contribution in [3.63, 3.8) is 0 Å². The van der Waals surface area contributed by atoms with Crippen LogP contribution in [0, 0.1) is 3.57 Å². The lowest BCUT2D eigenvalue weighted by atomic mass is 10.2. The Kier molecular flexibility index (Phi) is 6.34. The first-order valence-corrected chi connectivity index (χ1v) is 7.50. The second-order valence-corrected chi connectivity index (χ2v) is 5.47. The molecule has 1 rings (SSSR count). The molecule has 0 unspecified atom stereocenters. The van der Waals surface area contributed by atoms with Crippen LogP contribution in [0.2, 0.25) is 0 Å². The lowest BCUT2D eigenvalue weighted by Gasteiger charge is -2.20. The van der Waals surface area contributed by atoms with Crippen LogP contribution < -0.4 is 0 Å². The van der Waals surface area contributed by atoms with Crippen LogP contribution in [0.4, 0.5) is 0 Å². The smallest absolute Gasteiger partial charge is 0.253 e. The van der Waals surface area contributed by atoms with E-state index >= 15 is 0 Å². The first-order chi connectivity index (χ1) is 7.69. The number of halogens is 2. The summed E-state index contributed by atoms with van der Waals surface area (Å²) in [5, 5.41) is 0.934. The van der Waals surface area contributed by atoms with Crippen molar-refractivity contribution in [3.05, 3.63) is 33.4 Å². The lowest BCUT2D eigenvalue weighted by molar-refractivity contribution is 0.0765. The van der Waals surface area contributed by atoms with Gasteiger partial charge >= 0.3 is 0 Å². The molecule has 88 valence electrons. The largest absolute Gasteiger partial charge is 0.339 e. The maximum atomic E-state index is 12.1. The number of carbonyl (C=O) groups is 1. The predicted octanol–water partition coefficient (Wildman–Crippen LogP) is 3.54. The van der Waals surface area contributed by atoms with Crippen molar-refractivity contribution in [1.82, 2.24) is 4.90 Å². The van der Waals surface area contributed by atoms with Gasteiger partial charge in [0.1, 0.15) is 0 Å². The van der Waals surface area contributed by atoms with E-state index in [1.165, 1.54) is 0 Å². The molecule has 0 bridgehead atoms. The van der Waals surface area contributed by atoms with E-state index in [0.717, 1.165) is 34.0 Å². The highest BCUT2D eigenvalue weighted by Crippen LogP contribution is 2.10. The van der Waals surface area contributed by atoms with Gasteiger partial charge in [0.25, 0.3) is 5.91 Å². The monoisotopic (exact) mass is 395 g/mol. The van der Waals surface area contributed by atoms with E-state index in [0.29, 0.717) is 0 Å². The number of carbonyl (C=O) groups excluding carboxylic acids is 1. The van der Waals surface area contributed by atoms with E-state index in [1.54, 1.807) is 0 Å². The molecule has 1 aromatic rings. The fourth-order valence-electron chi connectivity index (χ4n) is 1.43. The molecule has 1 amide bonds. The van der Waals surface area contributed by atoms with Crippen LogP contribution in [0.15, 0.2) is 24.3 Å². The molecule has 0 fully saturated rings. The topological polar surface area (TPSA) is 20.3 Å². The molecular formula is C12H15BrINO. The van der Waals surface area contributed by atoms with Crippen LogP contribution in [-0.4, -0.2) is 29.2 Å². The first-order valence-electron chi connectivity index (χ1n) is 5.29. The van der Waals surface area contributed by atoms with Gasteiger partial charge in [-0.1, -0.05) is 15.9 Å². The zero-order valence-electron chi connectivity index (χ0n) is 9.25. The van der Waals surface area contributed by atoms with Crippen molar-refractivity contribution >= 4 is 44.4 Å². The first kappa shape index (κ1) is 14.0. The zero-order chi connectivity index (χ0) is 12.0. The highest BCUT2D eigenvalue weighted by atomic mass is 127. The number of amides is 1. The highest BCUT2D eigenvalue weighted by molar-refractivity contribution is 14.1. The molecule has 2 nitrogen and oxygen atoms in total. The van der Waals surface area contributed by atoms with Gasteiger partial charge in [-0.05, 0) is 60.2 Å². The fourth-order valence-corrected chi connectivity index (χ4v) is 2.04. The van der Waals surface area contributed by atoms with Crippen molar-refractivity contribution in [1.29, 1.82) is 0 Å². The van der Waals surface area contributed by atoms with Gasteiger partial charge in [0.05, 0.1) is 0 Å². The second-order valence-electron chi connectivity index (χ2n) is 3.43. The molecule has 0 radical (unpaired) electrons. The predicted molar refractivity (Wildman–Crippen MR) is 79.1 cm³/mol. The molecule has 0 heterocycles. The van der Waals surface area contributed by atoms with E-state index in [1.807, 2.05) is 36.1 Å². The van der Waals surface area contributed by atoms with Gasteiger partial charge in [-0.15, -0.1) is 0 Å². The number of alkyl halides is 1. The summed E-state index contributed by atoms with van der Waals surface area (Å²) >= 11 is 5.62. The van der Waals surface area contributed by atoms with Gasteiger partial charge < -0.3 is 4.90 Å². The summed E-state index contributed by atoms with van der Waals surface area (Å²) in [5.74, 6) is 0.125. The Balaban J connectivity index is 2.70. The number of hydrogen-bond acceptors (Lipinski definition) is 1. The van der Waals surface area contributed by atoms with Crippen molar-refractivity contribution in [2.45, 2.75) is 13.3 Å². The average molecular weight is 396 g/mol. The van der Waals surface area contributed by atoms with Crippen molar-refractivity contribution in [2.24, 2.45) is 0 Å². The van der Waals surface area contributed by atoms with Gasteiger partial charge in [-0.25, -0.2) is 0 Å². The van der Waals surface area contributed by atoms with Gasteiger partial charge in [0.15, 0.2) is 0 Å². The summed E-state index contributed by atoms with van der Waals surface area (Å²) in [4.78, 5) is 14.0. The maximum absolute atomic E-state index is 12.1. The molecule has 0 spiro atoms. The van der Waals surface area contributed by atoms with E-state index < -0.39 is 0 Å². The molecule has 1 aromatic carbocycles. The normalized spacial score (nSPS) is 10.2. The molecule has 0 aromatic heterocycles. The SMILES string of the molecule is CCN(CCCBr)C(=O)c1ccc(I)cc1. The third-order valence-electron chi connectivity index (χ3n) is 2.32. The Hall–Kier alpha value is -0.100. The molecule has 0 saturated heterocycles. The molecule has 0 aliphatic heterocycles. The summed E-state index contributed by atoms with van der Waals surface area (Å²) in [6.45, 7) is 3.59. The number of benzene rings is 1. The van der Waals surface area contributed by atoms with E-state index in [2.05, 4.69) is 38.5 Å². The quantitative estimate of drug-likeness (QED) is 0.551. The van der Waals surface area contributed by atoms with Gasteiger partial charge in [0.2, 0.25) is 0 Å². The van der Waals surface area contributed by atoms with Crippen LogP contribution in [0.1, 0.15) is 23.7 Å². The van der Waals surface area contributed by atoms with Crippen molar-refractivity contribution in [3.8, 4) is 0 Å². The number of rotatable bonds is 5. The minimum absolute atomic E-state index is 0.125. The Morgan fingerprint density at radius 2 is 2.00 bits per heavy atom. The summed E-state index contributed by atoms with van der Waals surface area (Å²) in [7, 11) is 0. The second kappa shape index (κ2) is 7.27. The summed E-state index contributed by atoms with van der Waals surface area (Å²) in [5.41, 5.74) is 0.775. The Morgan fingerprint density at radius 1 is 1.38 bits per heavy atom. The molecule has 0 atom stereocenters. The summed E-state index contributed by atoms with van der Waals surface area (Å²) in [6.07, 6.45) is 0.990. The average Bonchev–Trinajstić information content (AvgIpc) is 2.30. The van der Waals surface area contributed by atoms with Crippen LogP contribution >= 0.6 is 38.5 Å². The van der Waals surface area contributed by atoms with E-state index in [-0.39, 0.29) is 5.91 Å². The third-order valence-corrected chi connectivity index (χ3v) is 3.60. The van der Waals surface area contributed by atoms with Crippen LogP contribution in [0.5, 0.6) is 0 Å². The van der Waals surface area contributed by atoms with Crippen LogP contribution in [0.25, 0.3) is 0 Å².